The third-order valence-corrected chi connectivity index (χ3v) is 5.09. The standard InChI is InChI=1S/C23H19N5O2/c1-13-10-15(7-9-20(13)29)24-21(30)12-14-6-8-16-19(11-14)27-28-22(16)23-25-17-4-2-3-5-18(17)26-23/h2-11,29H,12H2,1H3,(H,24,30)(H,25,26)(H,27,28). The average molecular weight is 397 g/mol. The van der Waals surface area contributed by atoms with Crippen molar-refractivity contribution in [2.45, 2.75) is 13.3 Å². The molecule has 1 amide bonds. The zero-order valence-electron chi connectivity index (χ0n) is 16.2. The van der Waals surface area contributed by atoms with Crippen LogP contribution < -0.4 is 5.32 Å². The molecule has 0 aliphatic rings. The van der Waals surface area contributed by atoms with E-state index in [0.717, 1.165) is 33.2 Å². The summed E-state index contributed by atoms with van der Waals surface area (Å²) in [6.45, 7) is 1.79. The number of nitrogens with one attached hydrogen (secondary N) is 3. The molecule has 0 saturated carbocycles. The van der Waals surface area contributed by atoms with Crippen LogP contribution in [0.15, 0.2) is 60.7 Å². The lowest BCUT2D eigenvalue weighted by Crippen LogP contribution is -2.14. The van der Waals surface area contributed by atoms with E-state index in [9.17, 15) is 9.90 Å². The van der Waals surface area contributed by atoms with Gasteiger partial charge in [-0.15, -0.1) is 0 Å². The van der Waals surface area contributed by atoms with Gasteiger partial charge in [0.2, 0.25) is 5.91 Å². The molecule has 0 atom stereocenters. The molecule has 7 nitrogen and oxygen atoms in total. The molecule has 2 heterocycles. The fourth-order valence-corrected chi connectivity index (χ4v) is 3.55. The van der Waals surface area contributed by atoms with Gasteiger partial charge in [-0.3, -0.25) is 9.89 Å². The molecule has 30 heavy (non-hydrogen) atoms. The smallest absolute Gasteiger partial charge is 0.228 e. The number of H-pyrrole nitrogens is 2. The Bertz CT molecular complexity index is 1370. The highest BCUT2D eigenvalue weighted by molar-refractivity contribution is 5.95. The Kier molecular flexibility index (Phi) is 4.21. The van der Waals surface area contributed by atoms with Crippen LogP contribution in [-0.2, 0) is 11.2 Å². The molecule has 0 aliphatic carbocycles. The number of aromatic hydroxyl groups is 1. The molecule has 5 rings (SSSR count). The molecule has 7 heteroatoms. The van der Waals surface area contributed by atoms with E-state index in [1.165, 1.54) is 0 Å². The number of phenols is 1. The monoisotopic (exact) mass is 397 g/mol. The number of hydrogen-bond acceptors (Lipinski definition) is 4. The van der Waals surface area contributed by atoms with Gasteiger partial charge in [0.15, 0.2) is 5.82 Å². The van der Waals surface area contributed by atoms with Crippen LogP contribution in [0, 0.1) is 6.92 Å². The number of aromatic amines is 2. The lowest BCUT2D eigenvalue weighted by Gasteiger charge is -2.07. The second-order valence-corrected chi connectivity index (χ2v) is 7.28. The summed E-state index contributed by atoms with van der Waals surface area (Å²) in [6.07, 6.45) is 0.231. The first-order valence-corrected chi connectivity index (χ1v) is 9.58. The van der Waals surface area contributed by atoms with E-state index in [-0.39, 0.29) is 18.1 Å². The van der Waals surface area contributed by atoms with Crippen LogP contribution in [0.2, 0.25) is 0 Å². The molecule has 148 valence electrons. The van der Waals surface area contributed by atoms with Gasteiger partial charge in [0.1, 0.15) is 11.4 Å². The number of imidazole rings is 1. The fourth-order valence-electron chi connectivity index (χ4n) is 3.55. The molecule has 3 aromatic carbocycles. The van der Waals surface area contributed by atoms with Crippen molar-refractivity contribution >= 4 is 33.5 Å². The maximum atomic E-state index is 12.4. The number of benzene rings is 3. The summed E-state index contributed by atoms with van der Waals surface area (Å²) in [7, 11) is 0. The number of aryl methyl sites for hydroxylation is 1. The highest BCUT2D eigenvalue weighted by atomic mass is 16.3. The number of rotatable bonds is 4. The van der Waals surface area contributed by atoms with E-state index in [0.29, 0.717) is 17.1 Å². The summed E-state index contributed by atoms with van der Waals surface area (Å²) < 4.78 is 0. The van der Waals surface area contributed by atoms with Crippen LogP contribution in [-0.4, -0.2) is 31.2 Å². The summed E-state index contributed by atoms with van der Waals surface area (Å²) in [4.78, 5) is 20.3. The van der Waals surface area contributed by atoms with Crippen molar-refractivity contribution in [2.75, 3.05) is 5.32 Å². The summed E-state index contributed by atoms with van der Waals surface area (Å²) >= 11 is 0. The van der Waals surface area contributed by atoms with Crippen molar-refractivity contribution in [3.05, 3.63) is 71.8 Å². The predicted molar refractivity (Wildman–Crippen MR) is 116 cm³/mol. The van der Waals surface area contributed by atoms with Crippen molar-refractivity contribution in [1.29, 1.82) is 0 Å². The molecule has 4 N–H and O–H groups in total. The first-order valence-electron chi connectivity index (χ1n) is 9.58. The van der Waals surface area contributed by atoms with Crippen molar-refractivity contribution < 1.29 is 9.90 Å². The SMILES string of the molecule is Cc1cc(NC(=O)Cc2ccc3c(-c4nc5ccccc5[nH]4)n[nH]c3c2)ccc1O. The minimum absolute atomic E-state index is 0.128. The van der Waals surface area contributed by atoms with Gasteiger partial charge in [0, 0.05) is 11.1 Å². The fraction of sp³-hybridized carbons (Fsp3) is 0.0870. The number of hydrogen-bond donors (Lipinski definition) is 4. The Morgan fingerprint density at radius 3 is 2.77 bits per heavy atom. The topological polar surface area (TPSA) is 107 Å². The number of para-hydroxylation sites is 2. The van der Waals surface area contributed by atoms with Gasteiger partial charge in [-0.1, -0.05) is 24.3 Å². The number of phenolic OH excluding ortho intramolecular Hbond substituents is 1. The van der Waals surface area contributed by atoms with Crippen LogP contribution in [0.25, 0.3) is 33.5 Å². The summed E-state index contributed by atoms with van der Waals surface area (Å²) in [5.74, 6) is 0.782. The van der Waals surface area contributed by atoms with E-state index in [2.05, 4.69) is 25.5 Å². The van der Waals surface area contributed by atoms with Gasteiger partial charge in [0.05, 0.1) is 23.0 Å². The van der Waals surface area contributed by atoms with Crippen molar-refractivity contribution in [3.8, 4) is 17.3 Å². The van der Waals surface area contributed by atoms with Crippen LogP contribution in [0.4, 0.5) is 5.69 Å². The highest BCUT2D eigenvalue weighted by Gasteiger charge is 2.14. The van der Waals surface area contributed by atoms with Crippen LogP contribution in [0.3, 0.4) is 0 Å². The van der Waals surface area contributed by atoms with E-state index < -0.39 is 0 Å². The summed E-state index contributed by atoms with van der Waals surface area (Å²) in [5, 5.41) is 20.9. The maximum Gasteiger partial charge on any atom is 0.228 e. The molecular weight excluding hydrogens is 378 g/mol. The molecule has 0 spiro atoms. The molecule has 0 bridgehead atoms. The predicted octanol–water partition coefficient (Wildman–Crippen LogP) is 4.30. The van der Waals surface area contributed by atoms with E-state index in [4.69, 9.17) is 0 Å². The number of aromatic nitrogens is 4. The zero-order valence-corrected chi connectivity index (χ0v) is 16.2. The van der Waals surface area contributed by atoms with E-state index in [1.807, 2.05) is 42.5 Å². The van der Waals surface area contributed by atoms with Crippen molar-refractivity contribution in [1.82, 2.24) is 20.2 Å². The summed E-state index contributed by atoms with van der Waals surface area (Å²) in [5.41, 5.74) is 5.68. The minimum atomic E-state index is -0.128. The number of anilines is 1. The third kappa shape index (κ3) is 3.26. The number of carbonyl (C=O) groups is 1. The molecule has 2 aromatic heterocycles. The van der Waals surface area contributed by atoms with Crippen LogP contribution in [0.5, 0.6) is 5.75 Å². The highest BCUT2D eigenvalue weighted by Crippen LogP contribution is 2.27. The van der Waals surface area contributed by atoms with Gasteiger partial charge in [-0.2, -0.15) is 5.10 Å². The molecule has 0 radical (unpaired) electrons. The van der Waals surface area contributed by atoms with Gasteiger partial charge in [-0.05, 0) is 54.4 Å². The maximum absolute atomic E-state index is 12.4. The number of amides is 1. The second-order valence-electron chi connectivity index (χ2n) is 7.28. The van der Waals surface area contributed by atoms with Gasteiger partial charge < -0.3 is 15.4 Å². The lowest BCUT2D eigenvalue weighted by molar-refractivity contribution is -0.115. The second kappa shape index (κ2) is 7.04. The Hall–Kier alpha value is -4.13. The van der Waals surface area contributed by atoms with Gasteiger partial charge in [0.25, 0.3) is 0 Å². The molecule has 5 aromatic rings. The van der Waals surface area contributed by atoms with Gasteiger partial charge in [-0.25, -0.2) is 4.98 Å². The number of carbonyl (C=O) groups excluding carboxylic acids is 1. The van der Waals surface area contributed by atoms with Crippen LogP contribution in [0.1, 0.15) is 11.1 Å². The Balaban J connectivity index is 1.37. The Morgan fingerprint density at radius 1 is 1.07 bits per heavy atom. The largest absolute Gasteiger partial charge is 0.508 e. The van der Waals surface area contributed by atoms with Crippen molar-refractivity contribution in [2.24, 2.45) is 0 Å². The number of fused-ring (bicyclic) bond motifs is 2. The Labute approximate surface area is 171 Å². The van der Waals surface area contributed by atoms with E-state index in [1.54, 1.807) is 25.1 Å². The molecule has 0 saturated heterocycles. The normalized spacial score (nSPS) is 11.2. The first kappa shape index (κ1) is 17.9. The summed E-state index contributed by atoms with van der Waals surface area (Å²) in [6, 6.07) is 18.6. The Morgan fingerprint density at radius 2 is 1.93 bits per heavy atom. The number of nitrogens with zero attached hydrogens (tertiary/aromatic N) is 2. The third-order valence-electron chi connectivity index (χ3n) is 5.09. The quantitative estimate of drug-likeness (QED) is 0.339. The zero-order chi connectivity index (χ0) is 20.7. The molecule has 0 fully saturated rings. The molecule has 0 aliphatic heterocycles. The van der Waals surface area contributed by atoms with Crippen LogP contribution >= 0.6 is 0 Å². The van der Waals surface area contributed by atoms with E-state index >= 15 is 0 Å². The lowest BCUT2D eigenvalue weighted by atomic mass is 10.1. The molecular formula is C23H19N5O2. The first-order chi connectivity index (χ1) is 14.6. The van der Waals surface area contributed by atoms with Crippen molar-refractivity contribution in [3.63, 3.8) is 0 Å². The average Bonchev–Trinajstić information content (AvgIpc) is 3.34. The molecule has 0 unspecified atom stereocenters. The van der Waals surface area contributed by atoms with Gasteiger partial charge >= 0.3 is 0 Å². The minimum Gasteiger partial charge on any atom is -0.508 e.